The number of cyclic esters (lactones) is 1. The van der Waals surface area contributed by atoms with E-state index in [-0.39, 0.29) is 55.7 Å². The summed E-state index contributed by atoms with van der Waals surface area (Å²) >= 11 is 4.83. The quantitative estimate of drug-likeness (QED) is 0.507. The van der Waals surface area contributed by atoms with Crippen LogP contribution in [0.25, 0.3) is 0 Å². The Hall–Kier alpha value is -2.67. The van der Waals surface area contributed by atoms with Crippen molar-refractivity contribution in [1.82, 2.24) is 5.06 Å². The second-order valence-electron chi connectivity index (χ2n) is 6.94. The second-order valence-corrected chi connectivity index (χ2v) is 7.36. The Kier molecular flexibility index (Phi) is 7.15. The number of hydroxylamine groups is 2. The molecule has 2 saturated heterocycles. The topological polar surface area (TPSA) is 88.3 Å². The molecule has 0 spiro atoms. The zero-order valence-electron chi connectivity index (χ0n) is 16.2. The standard InChI is InChI=1S/C18H20F4N4O4S/c19-12-7-10(25-9-11(30-18(25)28)1-2-14(27)16(21)22)8-13(20)15(12)24-3-4-26(17(23)31)29-6-5-24/h7-8,11,16H,1-6,9H2,(H2,23,31)/t11-/m0/s1. The van der Waals surface area contributed by atoms with Gasteiger partial charge in [0.05, 0.1) is 25.4 Å². The molecule has 1 atom stereocenters. The number of hydrogen-bond donors (Lipinski definition) is 1. The summed E-state index contributed by atoms with van der Waals surface area (Å²) in [7, 11) is 0. The molecule has 0 saturated carbocycles. The fourth-order valence-corrected chi connectivity index (χ4v) is 3.50. The van der Waals surface area contributed by atoms with Gasteiger partial charge in [-0.1, -0.05) is 0 Å². The lowest BCUT2D eigenvalue weighted by Crippen LogP contribution is -2.38. The molecule has 2 N–H and O–H groups in total. The highest BCUT2D eigenvalue weighted by molar-refractivity contribution is 7.80. The minimum atomic E-state index is -3.10. The van der Waals surface area contributed by atoms with Gasteiger partial charge in [0.15, 0.2) is 22.5 Å². The number of thiocarbonyl (C=S) groups is 1. The normalized spacial score (nSPS) is 19.6. The third-order valence-electron chi connectivity index (χ3n) is 4.89. The molecule has 13 heteroatoms. The molecule has 0 unspecified atom stereocenters. The van der Waals surface area contributed by atoms with Crippen molar-refractivity contribution in [2.45, 2.75) is 25.4 Å². The Morgan fingerprint density at radius 2 is 1.90 bits per heavy atom. The zero-order chi connectivity index (χ0) is 22.7. The first kappa shape index (κ1) is 23.0. The molecule has 2 heterocycles. The number of carbonyl (C=O) groups excluding carboxylic acids is 2. The Balaban J connectivity index is 1.71. The van der Waals surface area contributed by atoms with E-state index in [1.54, 1.807) is 0 Å². The first-order chi connectivity index (χ1) is 14.7. The summed E-state index contributed by atoms with van der Waals surface area (Å²) < 4.78 is 59.3. The predicted octanol–water partition coefficient (Wildman–Crippen LogP) is 2.20. The van der Waals surface area contributed by atoms with Crippen LogP contribution in [0.2, 0.25) is 0 Å². The highest BCUT2D eigenvalue weighted by atomic mass is 32.1. The number of ketones is 1. The molecule has 8 nitrogen and oxygen atoms in total. The first-order valence-corrected chi connectivity index (χ1v) is 9.81. The van der Waals surface area contributed by atoms with Gasteiger partial charge < -0.3 is 15.4 Å². The monoisotopic (exact) mass is 464 g/mol. The minimum Gasteiger partial charge on any atom is -0.444 e. The summed E-state index contributed by atoms with van der Waals surface area (Å²) in [6.07, 6.45) is -5.39. The number of benzene rings is 1. The Morgan fingerprint density at radius 3 is 2.52 bits per heavy atom. The van der Waals surface area contributed by atoms with Gasteiger partial charge in [0, 0.05) is 31.6 Å². The molecule has 0 radical (unpaired) electrons. The molecule has 2 aliphatic heterocycles. The molecule has 2 aliphatic rings. The second kappa shape index (κ2) is 9.64. The van der Waals surface area contributed by atoms with Gasteiger partial charge in [-0.05, 0) is 18.6 Å². The van der Waals surface area contributed by atoms with E-state index in [0.717, 1.165) is 17.0 Å². The Bertz CT molecular complexity index is 852. The maximum atomic E-state index is 14.8. The Morgan fingerprint density at radius 1 is 1.23 bits per heavy atom. The van der Waals surface area contributed by atoms with Gasteiger partial charge in [0.1, 0.15) is 11.8 Å². The number of hydrogen-bond acceptors (Lipinski definition) is 6. The number of alkyl halides is 2. The largest absolute Gasteiger partial charge is 0.444 e. The molecule has 3 rings (SSSR count). The number of amides is 1. The lowest BCUT2D eigenvalue weighted by molar-refractivity contribution is -0.129. The lowest BCUT2D eigenvalue weighted by Gasteiger charge is -2.24. The van der Waals surface area contributed by atoms with E-state index < -0.39 is 42.5 Å². The zero-order valence-corrected chi connectivity index (χ0v) is 17.0. The SMILES string of the molecule is NC(=S)N1CCN(c2c(F)cc(N3C[C@H](CCC(=O)C(F)F)OC3=O)cc2F)CCO1. The van der Waals surface area contributed by atoms with E-state index in [2.05, 4.69) is 0 Å². The van der Waals surface area contributed by atoms with E-state index >= 15 is 0 Å². The van der Waals surface area contributed by atoms with Crippen molar-refractivity contribution in [3.8, 4) is 0 Å². The molecule has 0 aliphatic carbocycles. The van der Waals surface area contributed by atoms with Crippen LogP contribution >= 0.6 is 12.2 Å². The highest BCUT2D eigenvalue weighted by Gasteiger charge is 2.34. The van der Waals surface area contributed by atoms with Gasteiger partial charge in [0.2, 0.25) is 0 Å². The van der Waals surface area contributed by atoms with E-state index in [1.807, 2.05) is 0 Å². The fourth-order valence-electron chi connectivity index (χ4n) is 3.35. The number of anilines is 2. The minimum absolute atomic E-state index is 0.00971. The maximum Gasteiger partial charge on any atom is 0.414 e. The van der Waals surface area contributed by atoms with Crippen molar-refractivity contribution in [3.05, 3.63) is 23.8 Å². The smallest absolute Gasteiger partial charge is 0.414 e. The van der Waals surface area contributed by atoms with Crippen LogP contribution in [0.5, 0.6) is 0 Å². The Labute approximate surface area is 180 Å². The number of nitrogens with zero attached hydrogens (tertiary/aromatic N) is 3. The van der Waals surface area contributed by atoms with Crippen molar-refractivity contribution < 1.29 is 36.7 Å². The molecule has 0 aromatic heterocycles. The number of ether oxygens (including phenoxy) is 1. The summed E-state index contributed by atoms with van der Waals surface area (Å²) in [4.78, 5) is 30.9. The average molecular weight is 464 g/mol. The van der Waals surface area contributed by atoms with E-state index in [4.69, 9.17) is 27.5 Å². The number of rotatable bonds is 6. The van der Waals surface area contributed by atoms with Crippen LogP contribution in [0.4, 0.5) is 33.7 Å². The maximum absolute atomic E-state index is 14.8. The van der Waals surface area contributed by atoms with Crippen LogP contribution in [-0.2, 0) is 14.4 Å². The van der Waals surface area contributed by atoms with Crippen LogP contribution in [-0.4, -0.2) is 67.4 Å². The molecule has 1 amide bonds. The van der Waals surface area contributed by atoms with Crippen LogP contribution in [0.3, 0.4) is 0 Å². The molecule has 170 valence electrons. The molecular weight excluding hydrogens is 444 g/mol. The molecular formula is C18H20F4N4O4S. The van der Waals surface area contributed by atoms with Gasteiger partial charge in [-0.25, -0.2) is 27.4 Å². The third-order valence-corrected chi connectivity index (χ3v) is 5.09. The molecule has 1 aromatic carbocycles. The van der Waals surface area contributed by atoms with Gasteiger partial charge >= 0.3 is 6.09 Å². The summed E-state index contributed by atoms with van der Waals surface area (Å²) in [6, 6.07) is 1.98. The lowest BCUT2D eigenvalue weighted by atomic mass is 10.1. The van der Waals surface area contributed by atoms with E-state index in [1.165, 1.54) is 9.96 Å². The number of halogens is 4. The van der Waals surface area contributed by atoms with Gasteiger partial charge in [0.25, 0.3) is 6.43 Å². The van der Waals surface area contributed by atoms with E-state index in [9.17, 15) is 27.2 Å². The van der Waals surface area contributed by atoms with Crippen molar-refractivity contribution in [2.75, 3.05) is 42.6 Å². The molecule has 0 bridgehead atoms. The van der Waals surface area contributed by atoms with Crippen molar-refractivity contribution in [1.29, 1.82) is 0 Å². The highest BCUT2D eigenvalue weighted by Crippen LogP contribution is 2.32. The average Bonchev–Trinajstić information content (AvgIpc) is 2.90. The predicted molar refractivity (Wildman–Crippen MR) is 106 cm³/mol. The van der Waals surface area contributed by atoms with Gasteiger partial charge in [-0.2, -0.15) is 0 Å². The van der Waals surface area contributed by atoms with E-state index in [0.29, 0.717) is 0 Å². The fraction of sp³-hybridized carbons (Fsp3) is 0.500. The number of carbonyl (C=O) groups is 2. The van der Waals surface area contributed by atoms with Gasteiger partial charge in [-0.15, -0.1) is 0 Å². The summed E-state index contributed by atoms with van der Waals surface area (Å²) in [5.74, 6) is -3.06. The summed E-state index contributed by atoms with van der Waals surface area (Å²) in [5.41, 5.74) is 5.14. The molecule has 1 aromatic rings. The summed E-state index contributed by atoms with van der Waals surface area (Å²) in [6.45, 7) is 0.561. The summed E-state index contributed by atoms with van der Waals surface area (Å²) in [5, 5.41) is 1.27. The van der Waals surface area contributed by atoms with Crippen LogP contribution < -0.4 is 15.5 Å². The molecule has 2 fully saturated rings. The van der Waals surface area contributed by atoms with Crippen LogP contribution in [0, 0.1) is 11.6 Å². The van der Waals surface area contributed by atoms with Crippen molar-refractivity contribution in [3.63, 3.8) is 0 Å². The van der Waals surface area contributed by atoms with Crippen molar-refractivity contribution >= 4 is 40.6 Å². The van der Waals surface area contributed by atoms with Crippen molar-refractivity contribution in [2.24, 2.45) is 5.73 Å². The number of Topliss-reactive ketones (excluding diaryl/α,β-unsaturated/α-hetero) is 1. The third kappa shape index (κ3) is 5.34. The number of nitrogens with two attached hydrogens (primary N) is 1. The van der Waals surface area contributed by atoms with Crippen LogP contribution in [0.15, 0.2) is 12.1 Å². The first-order valence-electron chi connectivity index (χ1n) is 9.40. The molecule has 31 heavy (non-hydrogen) atoms. The van der Waals surface area contributed by atoms with Gasteiger partial charge in [-0.3, -0.25) is 14.5 Å². The van der Waals surface area contributed by atoms with Crippen LogP contribution in [0.1, 0.15) is 12.8 Å².